The normalized spacial score (nSPS) is 21.5. The van der Waals surface area contributed by atoms with Crippen molar-refractivity contribution in [1.82, 2.24) is 5.32 Å². The van der Waals surface area contributed by atoms with Gasteiger partial charge in [-0.1, -0.05) is 0 Å². The van der Waals surface area contributed by atoms with Crippen LogP contribution in [0, 0.1) is 0 Å². The largest absolute Gasteiger partial charge is 0.391 e. The lowest BCUT2D eigenvalue weighted by molar-refractivity contribution is 0.757. The van der Waals surface area contributed by atoms with Crippen molar-refractivity contribution in [2.24, 2.45) is 0 Å². The number of rotatable bonds is 1. The van der Waals surface area contributed by atoms with Crippen LogP contribution in [0.3, 0.4) is 0 Å². The van der Waals surface area contributed by atoms with Crippen molar-refractivity contribution in [3.8, 4) is 0 Å². The molecule has 0 aromatic carbocycles. The standard InChI is InChI=1S/C9H11N/c1-10-9-4-2-3-7-5-6-8(7)9/h2,10H,4-6H2,1H3. The van der Waals surface area contributed by atoms with Gasteiger partial charge >= 0.3 is 0 Å². The van der Waals surface area contributed by atoms with Gasteiger partial charge in [-0.2, -0.15) is 0 Å². The third kappa shape index (κ3) is 0.644. The zero-order chi connectivity index (χ0) is 6.97. The fourth-order valence-electron chi connectivity index (χ4n) is 1.52. The number of hydrogen-bond acceptors (Lipinski definition) is 1. The Morgan fingerprint density at radius 2 is 2.40 bits per heavy atom. The molecule has 0 heterocycles. The number of fused-ring (bicyclic) bond motifs is 1. The van der Waals surface area contributed by atoms with Gasteiger partial charge in [0.25, 0.3) is 0 Å². The summed E-state index contributed by atoms with van der Waals surface area (Å²) in [7, 11) is 2.00. The molecule has 1 heteroatoms. The molecule has 0 atom stereocenters. The van der Waals surface area contributed by atoms with Gasteiger partial charge in [0.15, 0.2) is 0 Å². The average molecular weight is 133 g/mol. The van der Waals surface area contributed by atoms with Crippen molar-refractivity contribution >= 4 is 0 Å². The fraction of sp³-hybridized carbons (Fsp3) is 0.444. The molecule has 52 valence electrons. The average Bonchev–Trinajstić information content (AvgIpc) is 1.91. The fourth-order valence-corrected chi connectivity index (χ4v) is 1.52. The Bertz CT molecular complexity index is 252. The molecule has 0 saturated heterocycles. The molecule has 0 aromatic heterocycles. The maximum Gasteiger partial charge on any atom is 0.0190 e. The minimum absolute atomic E-state index is 1.05. The van der Waals surface area contributed by atoms with Crippen molar-refractivity contribution in [3.63, 3.8) is 0 Å². The van der Waals surface area contributed by atoms with Gasteiger partial charge in [0, 0.05) is 19.2 Å². The first-order chi connectivity index (χ1) is 4.92. The first-order valence-electron chi connectivity index (χ1n) is 3.76. The van der Waals surface area contributed by atoms with Gasteiger partial charge in [0.1, 0.15) is 0 Å². The molecule has 0 unspecified atom stereocenters. The summed E-state index contributed by atoms with van der Waals surface area (Å²) in [6.45, 7) is 0. The molecule has 1 nitrogen and oxygen atoms in total. The Hall–Kier alpha value is -0.940. The Kier molecular flexibility index (Phi) is 1.18. The smallest absolute Gasteiger partial charge is 0.0190 e. The van der Waals surface area contributed by atoms with Gasteiger partial charge in [0.2, 0.25) is 0 Å². The molecule has 0 aromatic rings. The SMILES string of the molecule is CNC1=C2CCC2=C=CC1. The van der Waals surface area contributed by atoms with Crippen LogP contribution in [0.25, 0.3) is 0 Å². The number of hydrogen-bond donors (Lipinski definition) is 1. The second kappa shape index (κ2) is 2.03. The van der Waals surface area contributed by atoms with Gasteiger partial charge in [-0.3, -0.25) is 0 Å². The Labute approximate surface area is 61.1 Å². The Morgan fingerprint density at radius 1 is 1.50 bits per heavy atom. The quantitative estimate of drug-likeness (QED) is 0.537. The van der Waals surface area contributed by atoms with E-state index in [9.17, 15) is 0 Å². The van der Waals surface area contributed by atoms with Gasteiger partial charge in [-0.25, -0.2) is 0 Å². The molecule has 0 amide bonds. The van der Waals surface area contributed by atoms with Crippen molar-refractivity contribution in [1.29, 1.82) is 0 Å². The van der Waals surface area contributed by atoms with E-state index in [2.05, 4.69) is 17.1 Å². The van der Waals surface area contributed by atoms with E-state index < -0.39 is 0 Å². The van der Waals surface area contributed by atoms with Crippen LogP contribution >= 0.6 is 0 Å². The minimum Gasteiger partial charge on any atom is -0.391 e. The van der Waals surface area contributed by atoms with E-state index >= 15 is 0 Å². The van der Waals surface area contributed by atoms with Crippen LogP contribution in [0.2, 0.25) is 0 Å². The lowest BCUT2D eigenvalue weighted by Gasteiger charge is -2.25. The van der Waals surface area contributed by atoms with E-state index in [0.717, 1.165) is 6.42 Å². The summed E-state index contributed by atoms with van der Waals surface area (Å²) >= 11 is 0. The lowest BCUT2D eigenvalue weighted by atomic mass is 9.82. The van der Waals surface area contributed by atoms with Crippen LogP contribution in [0.15, 0.2) is 28.7 Å². The predicted molar refractivity (Wildman–Crippen MR) is 41.5 cm³/mol. The number of allylic oxidation sites excluding steroid dienone is 2. The molecular weight excluding hydrogens is 122 g/mol. The lowest BCUT2D eigenvalue weighted by Crippen LogP contribution is -2.16. The van der Waals surface area contributed by atoms with Crippen molar-refractivity contribution in [2.45, 2.75) is 19.3 Å². The third-order valence-corrected chi connectivity index (χ3v) is 2.24. The van der Waals surface area contributed by atoms with E-state index in [0.29, 0.717) is 0 Å². The van der Waals surface area contributed by atoms with Crippen molar-refractivity contribution < 1.29 is 0 Å². The van der Waals surface area contributed by atoms with Crippen LogP contribution in [-0.2, 0) is 0 Å². The first kappa shape index (κ1) is 5.82. The zero-order valence-electron chi connectivity index (χ0n) is 6.20. The van der Waals surface area contributed by atoms with E-state index in [1.807, 2.05) is 7.05 Å². The summed E-state index contributed by atoms with van der Waals surface area (Å²) in [6, 6.07) is 0. The van der Waals surface area contributed by atoms with Crippen LogP contribution in [0.5, 0.6) is 0 Å². The molecule has 1 N–H and O–H groups in total. The van der Waals surface area contributed by atoms with Crippen LogP contribution in [-0.4, -0.2) is 7.05 Å². The summed E-state index contributed by atoms with van der Waals surface area (Å²) in [5, 5.41) is 3.22. The van der Waals surface area contributed by atoms with Gasteiger partial charge < -0.3 is 5.32 Å². The molecular formula is C9H11N. The van der Waals surface area contributed by atoms with E-state index in [1.54, 1.807) is 0 Å². The molecule has 0 bridgehead atoms. The Morgan fingerprint density at radius 3 is 2.90 bits per heavy atom. The highest BCUT2D eigenvalue weighted by molar-refractivity contribution is 5.45. The summed E-state index contributed by atoms with van der Waals surface area (Å²) < 4.78 is 0. The zero-order valence-corrected chi connectivity index (χ0v) is 6.20. The molecule has 1 saturated carbocycles. The van der Waals surface area contributed by atoms with Crippen molar-refractivity contribution in [2.75, 3.05) is 7.05 Å². The van der Waals surface area contributed by atoms with Gasteiger partial charge in [-0.05, 0) is 30.1 Å². The van der Waals surface area contributed by atoms with E-state index in [-0.39, 0.29) is 0 Å². The maximum atomic E-state index is 3.28. The monoisotopic (exact) mass is 133 g/mol. The third-order valence-electron chi connectivity index (χ3n) is 2.24. The molecule has 2 aliphatic rings. The Balaban J connectivity index is 2.39. The molecule has 0 aliphatic heterocycles. The topological polar surface area (TPSA) is 12.0 Å². The van der Waals surface area contributed by atoms with Crippen LogP contribution in [0.4, 0.5) is 0 Å². The molecule has 10 heavy (non-hydrogen) atoms. The van der Waals surface area contributed by atoms with Gasteiger partial charge in [0.05, 0.1) is 0 Å². The molecule has 2 rings (SSSR count). The van der Waals surface area contributed by atoms with Crippen molar-refractivity contribution in [3.05, 3.63) is 28.7 Å². The highest BCUT2D eigenvalue weighted by atomic mass is 14.8. The van der Waals surface area contributed by atoms with E-state index in [1.165, 1.54) is 29.7 Å². The van der Waals surface area contributed by atoms with Crippen LogP contribution in [0.1, 0.15) is 19.3 Å². The second-order valence-corrected chi connectivity index (χ2v) is 2.74. The summed E-state index contributed by atoms with van der Waals surface area (Å²) in [6.07, 6.45) is 5.66. The highest BCUT2D eigenvalue weighted by Gasteiger charge is 2.21. The predicted octanol–water partition coefficient (Wildman–Crippen LogP) is 1.74. The first-order valence-corrected chi connectivity index (χ1v) is 3.76. The van der Waals surface area contributed by atoms with Gasteiger partial charge in [-0.15, -0.1) is 5.73 Å². The molecule has 2 aliphatic carbocycles. The summed E-state index contributed by atoms with van der Waals surface area (Å²) in [4.78, 5) is 0. The van der Waals surface area contributed by atoms with Crippen LogP contribution < -0.4 is 5.32 Å². The minimum atomic E-state index is 1.05. The number of nitrogens with one attached hydrogen (secondary N) is 1. The second-order valence-electron chi connectivity index (χ2n) is 2.74. The summed E-state index contributed by atoms with van der Waals surface area (Å²) in [5.41, 5.74) is 7.62. The highest BCUT2D eigenvalue weighted by Crippen LogP contribution is 2.36. The summed E-state index contributed by atoms with van der Waals surface area (Å²) in [5.74, 6) is 0. The van der Waals surface area contributed by atoms with E-state index in [4.69, 9.17) is 0 Å². The molecule has 0 radical (unpaired) electrons. The molecule has 0 spiro atoms. The molecule has 1 fully saturated rings. The maximum absolute atomic E-state index is 3.28.